The second-order valence-corrected chi connectivity index (χ2v) is 6.44. The Bertz CT molecular complexity index is 908. The molecule has 0 saturated carbocycles. The number of amides is 1. The molecular formula is C21H23NO7. The van der Waals surface area contributed by atoms with Gasteiger partial charge in [-0.2, -0.15) is 0 Å². The van der Waals surface area contributed by atoms with Crippen LogP contribution in [0.25, 0.3) is 0 Å². The summed E-state index contributed by atoms with van der Waals surface area (Å²) in [7, 11) is 2.98. The van der Waals surface area contributed by atoms with Crippen LogP contribution in [0.3, 0.4) is 0 Å². The van der Waals surface area contributed by atoms with Crippen molar-refractivity contribution >= 4 is 17.6 Å². The molecule has 0 unspecified atom stereocenters. The van der Waals surface area contributed by atoms with Crippen LogP contribution in [0.5, 0.6) is 23.0 Å². The van der Waals surface area contributed by atoms with Gasteiger partial charge in [0.2, 0.25) is 5.75 Å². The molecule has 3 rings (SSSR count). The second kappa shape index (κ2) is 8.72. The van der Waals surface area contributed by atoms with Crippen LogP contribution in [0.1, 0.15) is 22.8 Å². The predicted octanol–water partition coefficient (Wildman–Crippen LogP) is 2.97. The third-order valence-corrected chi connectivity index (χ3v) is 4.33. The molecule has 1 aliphatic heterocycles. The van der Waals surface area contributed by atoms with Crippen molar-refractivity contribution in [2.24, 2.45) is 0 Å². The van der Waals surface area contributed by atoms with Crippen molar-refractivity contribution in [3.8, 4) is 23.0 Å². The molecule has 0 spiro atoms. The van der Waals surface area contributed by atoms with E-state index in [1.807, 2.05) is 13.0 Å². The number of rotatable bonds is 6. The van der Waals surface area contributed by atoms with E-state index in [1.54, 1.807) is 12.1 Å². The lowest BCUT2D eigenvalue weighted by molar-refractivity contribution is -0.123. The number of benzene rings is 2. The number of hydrogen-bond acceptors (Lipinski definition) is 7. The first-order valence-corrected chi connectivity index (χ1v) is 9.07. The summed E-state index contributed by atoms with van der Waals surface area (Å²) in [5.74, 6) is 0.539. The van der Waals surface area contributed by atoms with Crippen molar-refractivity contribution in [3.05, 3.63) is 41.5 Å². The van der Waals surface area contributed by atoms with Gasteiger partial charge in [0.25, 0.3) is 5.91 Å². The van der Waals surface area contributed by atoms with Gasteiger partial charge < -0.3 is 29.0 Å². The first kappa shape index (κ1) is 20.3. The summed E-state index contributed by atoms with van der Waals surface area (Å²) >= 11 is 0. The van der Waals surface area contributed by atoms with E-state index in [0.717, 1.165) is 5.56 Å². The molecular weight excluding hydrogens is 378 g/mol. The maximum Gasteiger partial charge on any atom is 0.339 e. The normalized spacial score (nSPS) is 13.2. The number of aryl methyl sites for hydroxylation is 1. The minimum absolute atomic E-state index is 0.193. The predicted molar refractivity (Wildman–Crippen MR) is 105 cm³/mol. The van der Waals surface area contributed by atoms with E-state index in [2.05, 4.69) is 5.32 Å². The Hall–Kier alpha value is -3.42. The molecule has 8 heteroatoms. The zero-order valence-electron chi connectivity index (χ0n) is 16.7. The highest BCUT2D eigenvalue weighted by Crippen LogP contribution is 2.40. The molecule has 0 bridgehead atoms. The minimum atomic E-state index is -1.04. The maximum atomic E-state index is 12.6. The van der Waals surface area contributed by atoms with E-state index >= 15 is 0 Å². The standard InChI is InChI=1S/C21H23NO7/c1-12-5-6-16(25-3)15(9-12)22-20(23)13(2)29-21(24)14-10-17(26-4)19-18(11-14)27-7-8-28-19/h5-6,9-11,13H,7-8H2,1-4H3,(H,22,23)/t13-/m1/s1. The van der Waals surface area contributed by atoms with Gasteiger partial charge in [-0.1, -0.05) is 6.07 Å². The molecule has 154 valence electrons. The third-order valence-electron chi connectivity index (χ3n) is 4.33. The smallest absolute Gasteiger partial charge is 0.339 e. The van der Waals surface area contributed by atoms with Crippen LogP contribution in [0.4, 0.5) is 5.69 Å². The molecule has 0 saturated heterocycles. The molecule has 1 heterocycles. The summed E-state index contributed by atoms with van der Waals surface area (Å²) in [6.45, 7) is 4.15. The number of hydrogen-bond donors (Lipinski definition) is 1. The fraction of sp³-hybridized carbons (Fsp3) is 0.333. The summed E-state index contributed by atoms with van der Waals surface area (Å²) in [4.78, 5) is 25.1. The van der Waals surface area contributed by atoms with E-state index in [4.69, 9.17) is 23.7 Å². The molecule has 1 amide bonds. The van der Waals surface area contributed by atoms with Crippen molar-refractivity contribution in [3.63, 3.8) is 0 Å². The number of anilines is 1. The highest BCUT2D eigenvalue weighted by atomic mass is 16.6. The van der Waals surface area contributed by atoms with Crippen molar-refractivity contribution < 1.29 is 33.3 Å². The van der Waals surface area contributed by atoms with Gasteiger partial charge >= 0.3 is 5.97 Å². The van der Waals surface area contributed by atoms with E-state index < -0.39 is 18.0 Å². The second-order valence-electron chi connectivity index (χ2n) is 6.44. The molecule has 8 nitrogen and oxygen atoms in total. The van der Waals surface area contributed by atoms with Crippen LogP contribution in [0, 0.1) is 6.92 Å². The topological polar surface area (TPSA) is 92.3 Å². The number of methoxy groups -OCH3 is 2. The van der Waals surface area contributed by atoms with Crippen LogP contribution >= 0.6 is 0 Å². The quantitative estimate of drug-likeness (QED) is 0.744. The first-order chi connectivity index (χ1) is 13.9. The summed E-state index contributed by atoms with van der Waals surface area (Å²) in [5, 5.41) is 2.72. The number of ether oxygens (including phenoxy) is 5. The summed E-state index contributed by atoms with van der Waals surface area (Å²) in [6.07, 6.45) is -1.04. The van der Waals surface area contributed by atoms with Gasteiger partial charge in [-0.3, -0.25) is 4.79 Å². The first-order valence-electron chi connectivity index (χ1n) is 9.07. The average Bonchev–Trinajstić information content (AvgIpc) is 2.72. The van der Waals surface area contributed by atoms with E-state index in [9.17, 15) is 9.59 Å². The van der Waals surface area contributed by atoms with Crippen LogP contribution in [-0.4, -0.2) is 45.4 Å². The fourth-order valence-corrected chi connectivity index (χ4v) is 2.83. The van der Waals surface area contributed by atoms with Crippen molar-refractivity contribution in [2.75, 3.05) is 32.8 Å². The van der Waals surface area contributed by atoms with E-state index in [-0.39, 0.29) is 5.56 Å². The molecule has 1 N–H and O–H groups in total. The Morgan fingerprint density at radius 3 is 2.48 bits per heavy atom. The van der Waals surface area contributed by atoms with Crippen LogP contribution in [0.15, 0.2) is 30.3 Å². The Labute approximate surface area is 168 Å². The zero-order chi connectivity index (χ0) is 21.0. The summed E-state index contributed by atoms with van der Waals surface area (Å²) < 4.78 is 26.9. The Balaban J connectivity index is 1.72. The number of esters is 1. The average molecular weight is 401 g/mol. The molecule has 0 fully saturated rings. The van der Waals surface area contributed by atoms with Gasteiger partial charge in [0, 0.05) is 0 Å². The van der Waals surface area contributed by atoms with E-state index in [1.165, 1.54) is 33.3 Å². The Morgan fingerprint density at radius 1 is 1.03 bits per heavy atom. The molecule has 2 aromatic carbocycles. The van der Waals surface area contributed by atoms with Crippen molar-refractivity contribution in [1.82, 2.24) is 0 Å². The minimum Gasteiger partial charge on any atom is -0.495 e. The van der Waals surface area contributed by atoms with Gasteiger partial charge in [0.15, 0.2) is 17.6 Å². The fourth-order valence-electron chi connectivity index (χ4n) is 2.83. The highest BCUT2D eigenvalue weighted by Gasteiger charge is 2.24. The Morgan fingerprint density at radius 2 is 1.76 bits per heavy atom. The largest absolute Gasteiger partial charge is 0.495 e. The highest BCUT2D eigenvalue weighted by molar-refractivity contribution is 5.98. The number of fused-ring (bicyclic) bond motifs is 1. The molecule has 0 radical (unpaired) electrons. The van der Waals surface area contributed by atoms with Gasteiger partial charge in [-0.15, -0.1) is 0 Å². The van der Waals surface area contributed by atoms with Crippen LogP contribution < -0.4 is 24.3 Å². The van der Waals surface area contributed by atoms with Gasteiger partial charge in [-0.05, 0) is 43.7 Å². The zero-order valence-corrected chi connectivity index (χ0v) is 16.7. The molecule has 1 aliphatic rings. The lowest BCUT2D eigenvalue weighted by atomic mass is 10.1. The molecule has 0 aliphatic carbocycles. The summed E-state index contributed by atoms with van der Waals surface area (Å²) in [5.41, 5.74) is 1.65. The van der Waals surface area contributed by atoms with Gasteiger partial charge in [0.1, 0.15) is 19.0 Å². The lowest BCUT2D eigenvalue weighted by Gasteiger charge is -2.21. The maximum absolute atomic E-state index is 12.6. The lowest BCUT2D eigenvalue weighted by Crippen LogP contribution is -2.30. The summed E-state index contributed by atoms with van der Waals surface area (Å²) in [6, 6.07) is 8.39. The van der Waals surface area contributed by atoms with E-state index in [0.29, 0.717) is 41.9 Å². The SMILES string of the molecule is COc1ccc(C)cc1NC(=O)[C@@H](C)OC(=O)c1cc(OC)c2c(c1)OCCO2. The molecule has 29 heavy (non-hydrogen) atoms. The Kier molecular flexibility index (Phi) is 6.11. The molecule has 0 aromatic heterocycles. The monoisotopic (exact) mass is 401 g/mol. The van der Waals surface area contributed by atoms with Crippen LogP contribution in [-0.2, 0) is 9.53 Å². The van der Waals surface area contributed by atoms with Crippen molar-refractivity contribution in [2.45, 2.75) is 20.0 Å². The number of carbonyl (C=O) groups excluding carboxylic acids is 2. The van der Waals surface area contributed by atoms with Crippen LogP contribution in [0.2, 0.25) is 0 Å². The van der Waals surface area contributed by atoms with Gasteiger partial charge in [0.05, 0.1) is 25.5 Å². The third kappa shape index (κ3) is 4.53. The molecule has 2 aromatic rings. The van der Waals surface area contributed by atoms with Crippen molar-refractivity contribution in [1.29, 1.82) is 0 Å². The van der Waals surface area contributed by atoms with Gasteiger partial charge in [-0.25, -0.2) is 4.79 Å². The molecule has 1 atom stereocenters. The number of nitrogens with one attached hydrogen (secondary N) is 1. The number of carbonyl (C=O) groups is 2.